The summed E-state index contributed by atoms with van der Waals surface area (Å²) >= 11 is 0. The second-order valence-electron chi connectivity index (χ2n) is 7.31. The number of likely N-dealkylation sites (N-methyl/N-ethyl adjacent to an activating group) is 1. The average Bonchev–Trinajstić information content (AvgIpc) is 2.72. The van der Waals surface area contributed by atoms with Gasteiger partial charge in [0.1, 0.15) is 0 Å². The second-order valence-corrected chi connectivity index (χ2v) is 7.31. The first-order valence-corrected chi connectivity index (χ1v) is 10.1. The van der Waals surface area contributed by atoms with Crippen LogP contribution in [0.5, 0.6) is 0 Å². The maximum absolute atomic E-state index is 4.87. The number of anilines is 2. The number of hydrogen-bond acceptors (Lipinski definition) is 3. The maximum Gasteiger partial charge on any atom is 0.0726 e. The van der Waals surface area contributed by atoms with Gasteiger partial charge in [0.15, 0.2) is 0 Å². The predicted molar refractivity (Wildman–Crippen MR) is 118 cm³/mol. The van der Waals surface area contributed by atoms with Crippen molar-refractivity contribution in [1.29, 1.82) is 0 Å². The number of pyridine rings is 1. The minimum atomic E-state index is 0.378. The first-order chi connectivity index (χ1) is 13.2. The van der Waals surface area contributed by atoms with Crippen LogP contribution < -0.4 is 10.2 Å². The lowest BCUT2D eigenvalue weighted by atomic mass is 10.1. The van der Waals surface area contributed by atoms with Gasteiger partial charge in [0.25, 0.3) is 0 Å². The molecule has 0 saturated heterocycles. The molecule has 0 fully saturated rings. The zero-order valence-corrected chi connectivity index (χ0v) is 16.8. The van der Waals surface area contributed by atoms with E-state index in [0.717, 1.165) is 18.5 Å². The number of nitrogens with one attached hydrogen (secondary N) is 1. The first kappa shape index (κ1) is 19.2. The fourth-order valence-electron chi connectivity index (χ4n) is 3.37. The summed E-state index contributed by atoms with van der Waals surface area (Å²) in [5, 5.41) is 4.89. The quantitative estimate of drug-likeness (QED) is 0.481. The zero-order valence-electron chi connectivity index (χ0n) is 16.8. The molecule has 3 heteroatoms. The van der Waals surface area contributed by atoms with Crippen LogP contribution in [0, 0.1) is 0 Å². The van der Waals surface area contributed by atoms with E-state index in [-0.39, 0.29) is 0 Å². The SMILES string of the molecule is CCCCCc1cc(NCC(C)N(C)c2ccccc2)c2ccccc2n1. The van der Waals surface area contributed by atoms with Crippen LogP contribution in [0.2, 0.25) is 0 Å². The highest BCUT2D eigenvalue weighted by Crippen LogP contribution is 2.24. The highest BCUT2D eigenvalue weighted by molar-refractivity contribution is 5.91. The van der Waals surface area contributed by atoms with Crippen molar-refractivity contribution >= 4 is 22.3 Å². The summed E-state index contributed by atoms with van der Waals surface area (Å²) < 4.78 is 0. The molecule has 27 heavy (non-hydrogen) atoms. The third-order valence-corrected chi connectivity index (χ3v) is 5.22. The fraction of sp³-hybridized carbons (Fsp3) is 0.375. The molecule has 0 saturated carbocycles. The Bertz CT molecular complexity index is 845. The number of unbranched alkanes of at least 4 members (excludes halogenated alkanes) is 2. The molecule has 1 atom stereocenters. The van der Waals surface area contributed by atoms with Crippen LogP contribution in [0.4, 0.5) is 11.4 Å². The van der Waals surface area contributed by atoms with Crippen molar-refractivity contribution in [2.24, 2.45) is 0 Å². The number of nitrogens with zero attached hydrogens (tertiary/aromatic N) is 2. The number of fused-ring (bicyclic) bond motifs is 1. The summed E-state index contributed by atoms with van der Waals surface area (Å²) in [6.07, 6.45) is 4.75. The van der Waals surface area contributed by atoms with Crippen molar-refractivity contribution in [2.45, 2.75) is 45.6 Å². The normalized spacial score (nSPS) is 12.1. The number of benzene rings is 2. The van der Waals surface area contributed by atoms with E-state index in [4.69, 9.17) is 4.98 Å². The van der Waals surface area contributed by atoms with Gasteiger partial charge in [-0.05, 0) is 44.0 Å². The largest absolute Gasteiger partial charge is 0.382 e. The second kappa shape index (κ2) is 9.40. The van der Waals surface area contributed by atoms with Gasteiger partial charge in [0.2, 0.25) is 0 Å². The minimum absolute atomic E-state index is 0.378. The van der Waals surface area contributed by atoms with Crippen LogP contribution in [-0.2, 0) is 6.42 Å². The third kappa shape index (κ3) is 5.00. The lowest BCUT2D eigenvalue weighted by Gasteiger charge is -2.28. The Morgan fingerprint density at radius 3 is 2.52 bits per heavy atom. The molecule has 1 aromatic heterocycles. The van der Waals surface area contributed by atoms with Gasteiger partial charge in [0, 0.05) is 42.1 Å². The van der Waals surface area contributed by atoms with Gasteiger partial charge in [-0.1, -0.05) is 56.2 Å². The molecule has 0 amide bonds. The van der Waals surface area contributed by atoms with Crippen LogP contribution in [0.3, 0.4) is 0 Å². The predicted octanol–water partition coefficient (Wildman–Crippen LogP) is 5.90. The average molecular weight is 362 g/mol. The molecule has 2 aromatic carbocycles. The maximum atomic E-state index is 4.87. The fourth-order valence-corrected chi connectivity index (χ4v) is 3.37. The summed E-state index contributed by atoms with van der Waals surface area (Å²) in [6.45, 7) is 5.38. The summed E-state index contributed by atoms with van der Waals surface area (Å²) in [5.74, 6) is 0. The number of rotatable bonds is 9. The van der Waals surface area contributed by atoms with Crippen molar-refractivity contribution in [3.63, 3.8) is 0 Å². The highest BCUT2D eigenvalue weighted by Gasteiger charge is 2.11. The molecule has 1 heterocycles. The van der Waals surface area contributed by atoms with Gasteiger partial charge in [-0.25, -0.2) is 0 Å². The third-order valence-electron chi connectivity index (χ3n) is 5.22. The molecule has 0 spiro atoms. The van der Waals surface area contributed by atoms with E-state index in [9.17, 15) is 0 Å². The van der Waals surface area contributed by atoms with Gasteiger partial charge in [-0.15, -0.1) is 0 Å². The van der Waals surface area contributed by atoms with Crippen molar-refractivity contribution in [3.8, 4) is 0 Å². The Balaban J connectivity index is 1.74. The zero-order chi connectivity index (χ0) is 19.1. The molecule has 1 unspecified atom stereocenters. The van der Waals surface area contributed by atoms with Gasteiger partial charge in [-0.2, -0.15) is 0 Å². The van der Waals surface area contributed by atoms with E-state index in [1.807, 2.05) is 0 Å². The summed E-state index contributed by atoms with van der Waals surface area (Å²) in [5.41, 5.74) is 4.71. The van der Waals surface area contributed by atoms with Crippen molar-refractivity contribution in [2.75, 3.05) is 23.8 Å². The number of aromatic nitrogens is 1. The van der Waals surface area contributed by atoms with Crippen molar-refractivity contribution in [3.05, 3.63) is 66.4 Å². The molecule has 0 radical (unpaired) electrons. The summed E-state index contributed by atoms with van der Waals surface area (Å²) in [7, 11) is 2.16. The molecule has 3 nitrogen and oxygen atoms in total. The van der Waals surface area contributed by atoms with Crippen molar-refractivity contribution < 1.29 is 0 Å². The van der Waals surface area contributed by atoms with Crippen LogP contribution in [-0.4, -0.2) is 24.6 Å². The van der Waals surface area contributed by atoms with Crippen LogP contribution >= 0.6 is 0 Å². The molecular weight excluding hydrogens is 330 g/mol. The van der Waals surface area contributed by atoms with Crippen LogP contribution in [0.1, 0.15) is 38.8 Å². The molecule has 0 aliphatic heterocycles. The molecule has 0 aliphatic carbocycles. The van der Waals surface area contributed by atoms with E-state index in [1.54, 1.807) is 0 Å². The minimum Gasteiger partial charge on any atom is -0.382 e. The van der Waals surface area contributed by atoms with Crippen molar-refractivity contribution in [1.82, 2.24) is 4.98 Å². The molecule has 0 bridgehead atoms. The van der Waals surface area contributed by atoms with Gasteiger partial charge in [0.05, 0.1) is 5.52 Å². The molecule has 0 aliphatic rings. The van der Waals surface area contributed by atoms with E-state index in [1.165, 1.54) is 41.7 Å². The van der Waals surface area contributed by atoms with E-state index < -0.39 is 0 Å². The Hall–Kier alpha value is -2.55. The molecule has 1 N–H and O–H groups in total. The van der Waals surface area contributed by atoms with Gasteiger partial charge in [-0.3, -0.25) is 4.98 Å². The van der Waals surface area contributed by atoms with Gasteiger partial charge >= 0.3 is 0 Å². The van der Waals surface area contributed by atoms with Gasteiger partial charge < -0.3 is 10.2 Å². The number of aryl methyl sites for hydroxylation is 1. The topological polar surface area (TPSA) is 28.2 Å². The Morgan fingerprint density at radius 1 is 1.00 bits per heavy atom. The smallest absolute Gasteiger partial charge is 0.0726 e. The van der Waals surface area contributed by atoms with Crippen LogP contribution in [0.15, 0.2) is 60.7 Å². The Labute approximate surface area is 163 Å². The summed E-state index contributed by atoms with van der Waals surface area (Å²) in [4.78, 5) is 7.19. The first-order valence-electron chi connectivity index (χ1n) is 10.1. The van der Waals surface area contributed by atoms with Crippen LogP contribution in [0.25, 0.3) is 10.9 Å². The Morgan fingerprint density at radius 2 is 1.74 bits per heavy atom. The summed E-state index contributed by atoms with van der Waals surface area (Å²) in [6, 6.07) is 21.6. The van der Waals surface area contributed by atoms with E-state index in [0.29, 0.717) is 6.04 Å². The standard InChI is InChI=1S/C24H31N3/c1-4-5-7-12-20-17-24(22-15-10-11-16-23(22)26-20)25-18-19(2)27(3)21-13-8-6-9-14-21/h6,8-11,13-17,19H,4-5,7,12,18H2,1-3H3,(H,25,26). The lowest BCUT2D eigenvalue weighted by Crippen LogP contribution is -2.34. The monoisotopic (exact) mass is 361 g/mol. The molecular formula is C24H31N3. The molecule has 3 rings (SSSR count). The number of hydrogen-bond donors (Lipinski definition) is 1. The number of para-hydroxylation sites is 2. The van der Waals surface area contributed by atoms with E-state index >= 15 is 0 Å². The lowest BCUT2D eigenvalue weighted by molar-refractivity contribution is 0.707. The highest BCUT2D eigenvalue weighted by atomic mass is 15.1. The molecule has 3 aromatic rings. The molecule has 142 valence electrons. The van der Waals surface area contributed by atoms with E-state index in [2.05, 4.69) is 91.8 Å². The Kier molecular flexibility index (Phi) is 6.69.